The van der Waals surface area contributed by atoms with Gasteiger partial charge in [-0.15, -0.1) is 0 Å². The van der Waals surface area contributed by atoms with E-state index in [1.54, 1.807) is 7.05 Å². The molecule has 1 aromatic heterocycles. The topological polar surface area (TPSA) is 67.2 Å². The average molecular weight is 278 g/mol. The van der Waals surface area contributed by atoms with E-state index in [2.05, 4.69) is 10.3 Å². The summed E-state index contributed by atoms with van der Waals surface area (Å²) in [5.41, 5.74) is -0.302. The third-order valence-electron chi connectivity index (χ3n) is 3.34. The van der Waals surface area contributed by atoms with Gasteiger partial charge in [-0.05, 0) is 27.2 Å². The van der Waals surface area contributed by atoms with Crippen molar-refractivity contribution in [2.45, 2.75) is 32.7 Å². The first-order valence-corrected chi connectivity index (χ1v) is 6.86. The molecule has 1 aliphatic heterocycles. The van der Waals surface area contributed by atoms with Gasteiger partial charge in [0.15, 0.2) is 0 Å². The van der Waals surface area contributed by atoms with Gasteiger partial charge >= 0.3 is 0 Å². The van der Waals surface area contributed by atoms with E-state index in [-0.39, 0.29) is 22.9 Å². The van der Waals surface area contributed by atoms with Crippen molar-refractivity contribution < 1.29 is 4.79 Å². The number of carbonyl (C=O) groups excluding carboxylic acids is 1. The Labute approximate surface area is 118 Å². The number of rotatable bonds is 2. The first kappa shape index (κ1) is 14.6. The molecule has 0 spiro atoms. The Morgan fingerprint density at radius 3 is 2.75 bits per heavy atom. The highest BCUT2D eigenvalue weighted by Crippen LogP contribution is 2.21. The maximum absolute atomic E-state index is 12.1. The molecular weight excluding hydrogens is 256 g/mol. The molecule has 110 valence electrons. The fraction of sp³-hybridized carbons (Fsp3) is 0.643. The van der Waals surface area contributed by atoms with Gasteiger partial charge in [0.1, 0.15) is 5.82 Å². The van der Waals surface area contributed by atoms with Crippen molar-refractivity contribution in [3.05, 3.63) is 22.7 Å². The maximum atomic E-state index is 12.1. The van der Waals surface area contributed by atoms with Gasteiger partial charge < -0.3 is 14.8 Å². The van der Waals surface area contributed by atoms with Crippen LogP contribution in [0, 0.1) is 5.92 Å². The van der Waals surface area contributed by atoms with Crippen molar-refractivity contribution in [3.8, 4) is 0 Å². The Balaban J connectivity index is 2.03. The number of aryl methyl sites for hydroxylation is 1. The van der Waals surface area contributed by atoms with Crippen molar-refractivity contribution in [1.82, 2.24) is 14.9 Å². The fourth-order valence-electron chi connectivity index (χ4n) is 2.28. The van der Waals surface area contributed by atoms with Crippen molar-refractivity contribution in [3.63, 3.8) is 0 Å². The molecule has 1 N–H and O–H groups in total. The zero-order chi connectivity index (χ0) is 14.9. The molecule has 6 nitrogen and oxygen atoms in total. The zero-order valence-corrected chi connectivity index (χ0v) is 12.5. The lowest BCUT2D eigenvalue weighted by atomic mass is 10.0. The molecule has 1 saturated heterocycles. The summed E-state index contributed by atoms with van der Waals surface area (Å²) in [7, 11) is 1.67. The molecule has 20 heavy (non-hydrogen) atoms. The molecule has 0 saturated carbocycles. The summed E-state index contributed by atoms with van der Waals surface area (Å²) < 4.78 is 1.43. The van der Waals surface area contributed by atoms with Crippen molar-refractivity contribution in [2.24, 2.45) is 13.0 Å². The smallest absolute Gasteiger partial charge is 0.255 e. The van der Waals surface area contributed by atoms with Gasteiger partial charge in [0, 0.05) is 31.7 Å². The minimum atomic E-state index is -0.217. The Bertz CT molecular complexity index is 559. The summed E-state index contributed by atoms with van der Waals surface area (Å²) >= 11 is 0. The molecule has 0 aromatic carbocycles. The van der Waals surface area contributed by atoms with Gasteiger partial charge in [-0.2, -0.15) is 0 Å². The molecule has 1 atom stereocenters. The van der Waals surface area contributed by atoms with E-state index in [1.165, 1.54) is 17.0 Å². The molecule has 0 aliphatic carbocycles. The minimum absolute atomic E-state index is 0.0416. The van der Waals surface area contributed by atoms with Crippen LogP contribution in [-0.2, 0) is 11.8 Å². The van der Waals surface area contributed by atoms with Gasteiger partial charge in [0.2, 0.25) is 5.91 Å². The zero-order valence-electron chi connectivity index (χ0n) is 12.5. The van der Waals surface area contributed by atoms with Gasteiger partial charge in [-0.3, -0.25) is 9.59 Å². The number of carbonyl (C=O) groups is 1. The van der Waals surface area contributed by atoms with Gasteiger partial charge in [-0.1, -0.05) is 0 Å². The molecule has 2 rings (SSSR count). The van der Waals surface area contributed by atoms with Crippen LogP contribution in [0.5, 0.6) is 0 Å². The number of anilines is 1. The van der Waals surface area contributed by atoms with Crippen LogP contribution in [0.2, 0.25) is 0 Å². The Morgan fingerprint density at radius 1 is 1.45 bits per heavy atom. The fourth-order valence-corrected chi connectivity index (χ4v) is 2.28. The summed E-state index contributed by atoms with van der Waals surface area (Å²) in [6.45, 7) is 7.28. The number of amides is 1. The lowest BCUT2D eigenvalue weighted by Gasteiger charge is -2.23. The largest absolute Gasteiger partial charge is 0.356 e. The SMILES string of the molecule is Cn1cnc(N2CCC(C(=O)NC(C)(C)C)C2)cc1=O. The summed E-state index contributed by atoms with van der Waals surface area (Å²) in [4.78, 5) is 30.0. The normalized spacial score (nSPS) is 19.2. The standard InChI is InChI=1S/C14H22N4O2/c1-14(2,3)16-13(20)10-5-6-18(8-10)11-7-12(19)17(4)9-15-11/h7,9-10H,5-6,8H2,1-4H3,(H,16,20). The lowest BCUT2D eigenvalue weighted by molar-refractivity contribution is -0.125. The van der Waals surface area contributed by atoms with E-state index in [4.69, 9.17) is 0 Å². The van der Waals surface area contributed by atoms with Crippen molar-refractivity contribution in [2.75, 3.05) is 18.0 Å². The molecule has 0 bridgehead atoms. The lowest BCUT2D eigenvalue weighted by Crippen LogP contribution is -2.44. The highest BCUT2D eigenvalue weighted by Gasteiger charge is 2.30. The number of hydrogen-bond acceptors (Lipinski definition) is 4. The highest BCUT2D eigenvalue weighted by atomic mass is 16.2. The number of hydrogen-bond donors (Lipinski definition) is 1. The molecule has 1 amide bonds. The van der Waals surface area contributed by atoms with Crippen molar-refractivity contribution >= 4 is 11.7 Å². The van der Waals surface area contributed by atoms with Crippen LogP contribution in [0.1, 0.15) is 27.2 Å². The maximum Gasteiger partial charge on any atom is 0.255 e. The van der Waals surface area contributed by atoms with Gasteiger partial charge in [-0.25, -0.2) is 4.98 Å². The highest BCUT2D eigenvalue weighted by molar-refractivity contribution is 5.80. The second-order valence-corrected chi connectivity index (χ2v) is 6.37. The van der Waals surface area contributed by atoms with Crippen LogP contribution < -0.4 is 15.8 Å². The summed E-state index contributed by atoms with van der Waals surface area (Å²) in [5, 5.41) is 3.00. The van der Waals surface area contributed by atoms with E-state index in [9.17, 15) is 9.59 Å². The second-order valence-electron chi connectivity index (χ2n) is 6.37. The average Bonchev–Trinajstić information content (AvgIpc) is 2.80. The first-order valence-electron chi connectivity index (χ1n) is 6.86. The predicted molar refractivity (Wildman–Crippen MR) is 77.7 cm³/mol. The number of nitrogens with one attached hydrogen (secondary N) is 1. The summed E-state index contributed by atoms with van der Waals surface area (Å²) in [5.74, 6) is 0.683. The molecule has 0 radical (unpaired) electrons. The predicted octanol–water partition coefficient (Wildman–Crippen LogP) is 0.521. The Kier molecular flexibility index (Phi) is 3.83. The molecule has 6 heteroatoms. The Hall–Kier alpha value is -1.85. The molecule has 1 aliphatic rings. The van der Waals surface area contributed by atoms with Crippen molar-refractivity contribution in [1.29, 1.82) is 0 Å². The molecular formula is C14H22N4O2. The van der Waals surface area contributed by atoms with E-state index >= 15 is 0 Å². The first-order chi connectivity index (χ1) is 9.26. The Morgan fingerprint density at radius 2 is 2.15 bits per heavy atom. The minimum Gasteiger partial charge on any atom is -0.356 e. The third kappa shape index (κ3) is 3.37. The number of aromatic nitrogens is 2. The molecule has 2 heterocycles. The second kappa shape index (κ2) is 5.26. The monoisotopic (exact) mass is 278 g/mol. The van der Waals surface area contributed by atoms with E-state index in [0.717, 1.165) is 13.0 Å². The van der Waals surface area contributed by atoms with Crippen LogP contribution in [0.15, 0.2) is 17.2 Å². The number of nitrogens with zero attached hydrogens (tertiary/aromatic N) is 3. The van der Waals surface area contributed by atoms with E-state index in [1.807, 2.05) is 25.7 Å². The summed E-state index contributed by atoms with van der Waals surface area (Å²) in [6, 6.07) is 1.52. The quantitative estimate of drug-likeness (QED) is 0.856. The van der Waals surface area contributed by atoms with Gasteiger partial charge in [0.25, 0.3) is 5.56 Å². The molecule has 1 fully saturated rings. The van der Waals surface area contributed by atoms with Crippen LogP contribution in [0.4, 0.5) is 5.82 Å². The van der Waals surface area contributed by atoms with E-state index in [0.29, 0.717) is 12.4 Å². The van der Waals surface area contributed by atoms with E-state index < -0.39 is 0 Å². The van der Waals surface area contributed by atoms with Crippen LogP contribution in [-0.4, -0.2) is 34.1 Å². The molecule has 1 aromatic rings. The van der Waals surface area contributed by atoms with Crippen LogP contribution in [0.3, 0.4) is 0 Å². The van der Waals surface area contributed by atoms with Crippen LogP contribution >= 0.6 is 0 Å². The van der Waals surface area contributed by atoms with Crippen LogP contribution in [0.25, 0.3) is 0 Å². The third-order valence-corrected chi connectivity index (χ3v) is 3.34. The van der Waals surface area contributed by atoms with Gasteiger partial charge in [0.05, 0.1) is 12.2 Å². The summed E-state index contributed by atoms with van der Waals surface area (Å²) in [6.07, 6.45) is 2.30. The molecule has 1 unspecified atom stereocenters.